The molecule has 2 aliphatic heterocycles. The normalized spacial score (nSPS) is 23.7. The van der Waals surface area contributed by atoms with Crippen LogP contribution in [0, 0.1) is 11.7 Å². The smallest absolute Gasteiger partial charge is 0.249 e. The van der Waals surface area contributed by atoms with Gasteiger partial charge in [0.25, 0.3) is 0 Å². The zero-order valence-electron chi connectivity index (χ0n) is 15.7. The second kappa shape index (κ2) is 6.22. The van der Waals surface area contributed by atoms with Gasteiger partial charge >= 0.3 is 0 Å². The number of hydrogen-bond donors (Lipinski definition) is 1. The molecule has 0 bridgehead atoms. The quantitative estimate of drug-likeness (QED) is 0.833. The Hall–Kier alpha value is -2.63. The van der Waals surface area contributed by atoms with Gasteiger partial charge < -0.3 is 15.5 Å². The molecule has 2 heterocycles. The lowest BCUT2D eigenvalue weighted by molar-refractivity contribution is -0.125. The number of fused-ring (bicyclic) bond motifs is 2. The Labute approximate surface area is 158 Å². The van der Waals surface area contributed by atoms with Crippen molar-refractivity contribution in [3.05, 3.63) is 46.8 Å². The van der Waals surface area contributed by atoms with E-state index in [-0.39, 0.29) is 17.5 Å². The first-order chi connectivity index (χ1) is 12.8. The molecule has 1 aromatic carbocycles. The van der Waals surface area contributed by atoms with E-state index in [0.717, 1.165) is 35.2 Å². The Balaban J connectivity index is 1.79. The molecule has 1 aliphatic carbocycles. The van der Waals surface area contributed by atoms with Crippen molar-refractivity contribution in [1.29, 1.82) is 0 Å². The summed E-state index contributed by atoms with van der Waals surface area (Å²) in [7, 11) is 0. The van der Waals surface area contributed by atoms with Crippen LogP contribution in [0.25, 0.3) is 5.57 Å². The molecule has 2 atom stereocenters. The molecule has 2 unspecified atom stereocenters. The van der Waals surface area contributed by atoms with Crippen LogP contribution in [0.3, 0.4) is 0 Å². The molecule has 2 N–H and O–H groups in total. The van der Waals surface area contributed by atoms with Gasteiger partial charge in [0, 0.05) is 36.7 Å². The lowest BCUT2D eigenvalue weighted by atomic mass is 9.96. The van der Waals surface area contributed by atoms with Crippen molar-refractivity contribution in [3.63, 3.8) is 0 Å². The third-order valence-corrected chi connectivity index (χ3v) is 6.40. The fraction of sp³-hybridized carbons (Fsp3) is 0.429. The lowest BCUT2D eigenvalue weighted by Gasteiger charge is -2.30. The zero-order valence-corrected chi connectivity index (χ0v) is 15.7. The van der Waals surface area contributed by atoms with Crippen LogP contribution in [0.1, 0.15) is 41.8 Å². The first-order valence-corrected chi connectivity index (χ1v) is 9.33. The molecule has 3 aliphatic rings. The van der Waals surface area contributed by atoms with E-state index in [4.69, 9.17) is 5.73 Å². The average molecular weight is 369 g/mol. The first kappa shape index (κ1) is 17.8. The molecule has 1 aromatic rings. The maximum absolute atomic E-state index is 15.2. The summed E-state index contributed by atoms with van der Waals surface area (Å²) in [6.45, 7) is 9.56. The summed E-state index contributed by atoms with van der Waals surface area (Å²) < 4.78 is 15.2. The lowest BCUT2D eigenvalue weighted by Crippen LogP contribution is -2.37. The fourth-order valence-electron chi connectivity index (χ4n) is 4.93. The molecule has 0 saturated carbocycles. The number of likely N-dealkylation sites (tertiary alicyclic amines) is 1. The van der Waals surface area contributed by atoms with Crippen LogP contribution in [0.4, 0.5) is 10.1 Å². The molecule has 4 rings (SSSR count). The van der Waals surface area contributed by atoms with Crippen molar-refractivity contribution in [1.82, 2.24) is 4.90 Å². The van der Waals surface area contributed by atoms with Crippen molar-refractivity contribution in [2.45, 2.75) is 32.7 Å². The Morgan fingerprint density at radius 3 is 2.74 bits per heavy atom. The van der Waals surface area contributed by atoms with E-state index in [1.165, 1.54) is 12.1 Å². The third-order valence-electron chi connectivity index (χ3n) is 6.40. The summed E-state index contributed by atoms with van der Waals surface area (Å²) in [5, 5.41) is 0. The van der Waals surface area contributed by atoms with E-state index in [0.29, 0.717) is 31.1 Å². The van der Waals surface area contributed by atoms with Crippen LogP contribution in [0.15, 0.2) is 24.3 Å². The standard InChI is InChI=1S/C21H24FN3O2/c1-4-18(26)24-9-13-5-6-25(17(13)10-24)20-16(22)8-15(21(23)27)14-7-11(2)12(3)19(14)20/h4,8,13,17H,1,5-7,9-10H2,2-3H3,(H2,23,27). The molecular weight excluding hydrogens is 345 g/mol. The number of carbonyl (C=O) groups excluding carboxylic acids is 2. The number of allylic oxidation sites excluding steroid dienone is 2. The first-order valence-electron chi connectivity index (χ1n) is 9.33. The summed E-state index contributed by atoms with van der Waals surface area (Å²) >= 11 is 0. The topological polar surface area (TPSA) is 66.6 Å². The van der Waals surface area contributed by atoms with Crippen LogP contribution in [-0.2, 0) is 11.2 Å². The van der Waals surface area contributed by atoms with E-state index in [2.05, 4.69) is 11.5 Å². The SMILES string of the molecule is C=CC(=O)N1CC2CCN(c3c(F)cc(C(N)=O)c4c3C(C)=C(C)C4)C2C1. The predicted molar refractivity (Wildman–Crippen MR) is 103 cm³/mol. The maximum atomic E-state index is 15.2. The number of primary amides is 1. The number of halogens is 1. The molecule has 0 spiro atoms. The minimum absolute atomic E-state index is 0.0777. The summed E-state index contributed by atoms with van der Waals surface area (Å²) in [6.07, 6.45) is 2.87. The second-order valence-electron chi connectivity index (χ2n) is 7.81. The summed E-state index contributed by atoms with van der Waals surface area (Å²) in [4.78, 5) is 27.8. The van der Waals surface area contributed by atoms with E-state index in [9.17, 15) is 9.59 Å². The number of hydrogen-bond acceptors (Lipinski definition) is 3. The van der Waals surface area contributed by atoms with Gasteiger partial charge in [-0.15, -0.1) is 0 Å². The highest BCUT2D eigenvalue weighted by molar-refractivity contribution is 5.99. The molecule has 0 radical (unpaired) electrons. The Morgan fingerprint density at radius 1 is 1.33 bits per heavy atom. The minimum Gasteiger partial charge on any atom is -0.366 e. The predicted octanol–water partition coefficient (Wildman–Crippen LogP) is 2.50. The Bertz CT molecular complexity index is 905. The van der Waals surface area contributed by atoms with Crippen LogP contribution >= 0.6 is 0 Å². The van der Waals surface area contributed by atoms with E-state index in [1.54, 1.807) is 4.90 Å². The molecule has 2 fully saturated rings. The molecule has 6 heteroatoms. The van der Waals surface area contributed by atoms with Crippen molar-refractivity contribution in [2.24, 2.45) is 11.7 Å². The molecule has 142 valence electrons. The number of anilines is 1. The monoisotopic (exact) mass is 369 g/mol. The van der Waals surface area contributed by atoms with Gasteiger partial charge in [-0.05, 0) is 50.0 Å². The third kappa shape index (κ3) is 2.58. The number of benzene rings is 1. The molecular formula is C21H24FN3O2. The van der Waals surface area contributed by atoms with Crippen molar-refractivity contribution < 1.29 is 14.0 Å². The van der Waals surface area contributed by atoms with Crippen LogP contribution in [0.5, 0.6) is 0 Å². The number of rotatable bonds is 3. The number of amides is 2. The summed E-state index contributed by atoms with van der Waals surface area (Å²) in [6, 6.07) is 1.37. The van der Waals surface area contributed by atoms with Crippen molar-refractivity contribution in [2.75, 3.05) is 24.5 Å². The molecule has 5 nitrogen and oxygen atoms in total. The van der Waals surface area contributed by atoms with Crippen LogP contribution in [-0.4, -0.2) is 42.4 Å². The summed E-state index contributed by atoms with van der Waals surface area (Å²) in [5.41, 5.74) is 10.1. The molecule has 0 aromatic heterocycles. The van der Waals surface area contributed by atoms with E-state index >= 15 is 4.39 Å². The second-order valence-corrected chi connectivity index (χ2v) is 7.81. The van der Waals surface area contributed by atoms with Crippen molar-refractivity contribution >= 4 is 23.1 Å². The highest BCUT2D eigenvalue weighted by atomic mass is 19.1. The Kier molecular flexibility index (Phi) is 4.09. The molecule has 2 amide bonds. The maximum Gasteiger partial charge on any atom is 0.249 e. The van der Waals surface area contributed by atoms with Crippen LogP contribution < -0.4 is 10.6 Å². The minimum atomic E-state index is -0.595. The van der Waals surface area contributed by atoms with Gasteiger partial charge in [-0.25, -0.2) is 4.39 Å². The number of nitrogens with zero attached hydrogens (tertiary/aromatic N) is 2. The van der Waals surface area contributed by atoms with Crippen molar-refractivity contribution in [3.8, 4) is 0 Å². The zero-order chi connectivity index (χ0) is 19.5. The highest BCUT2D eigenvalue weighted by Crippen LogP contribution is 2.46. The van der Waals surface area contributed by atoms with Gasteiger partial charge in [0.1, 0.15) is 5.82 Å². The fourth-order valence-corrected chi connectivity index (χ4v) is 4.93. The average Bonchev–Trinajstić information content (AvgIpc) is 3.28. The summed E-state index contributed by atoms with van der Waals surface area (Å²) in [5.74, 6) is -0.759. The van der Waals surface area contributed by atoms with E-state index < -0.39 is 11.7 Å². The number of carbonyl (C=O) groups is 2. The van der Waals surface area contributed by atoms with Gasteiger partial charge in [-0.1, -0.05) is 12.2 Å². The largest absolute Gasteiger partial charge is 0.366 e. The van der Waals surface area contributed by atoms with Gasteiger partial charge in [0.15, 0.2) is 0 Å². The molecule has 2 saturated heterocycles. The van der Waals surface area contributed by atoms with Crippen LogP contribution in [0.2, 0.25) is 0 Å². The van der Waals surface area contributed by atoms with E-state index in [1.807, 2.05) is 13.8 Å². The van der Waals surface area contributed by atoms with Gasteiger partial charge in [0.05, 0.1) is 11.7 Å². The number of nitrogens with two attached hydrogens (primary N) is 1. The van der Waals surface area contributed by atoms with Gasteiger partial charge in [-0.3, -0.25) is 9.59 Å². The van der Waals surface area contributed by atoms with Gasteiger partial charge in [-0.2, -0.15) is 0 Å². The molecule has 27 heavy (non-hydrogen) atoms. The Morgan fingerprint density at radius 2 is 2.07 bits per heavy atom. The highest BCUT2D eigenvalue weighted by Gasteiger charge is 2.44. The van der Waals surface area contributed by atoms with Gasteiger partial charge in [0.2, 0.25) is 11.8 Å².